The first-order valence-electron chi connectivity index (χ1n) is 8.17. The van der Waals surface area contributed by atoms with Crippen LogP contribution in [0.4, 0.5) is 26.6 Å². The van der Waals surface area contributed by atoms with Crippen LogP contribution in [0.2, 0.25) is 0 Å². The van der Waals surface area contributed by atoms with Crippen LogP contribution in [0.1, 0.15) is 19.4 Å². The highest BCUT2D eigenvalue weighted by molar-refractivity contribution is 7.86. The minimum atomic E-state index is -5.05. The Balaban J connectivity index is 2.39. The Labute approximate surface area is 156 Å². The van der Waals surface area contributed by atoms with E-state index in [0.29, 0.717) is 11.8 Å². The largest absolute Gasteiger partial charge is 0.372 e. The van der Waals surface area contributed by atoms with Crippen LogP contribution in [-0.2, 0) is 10.2 Å². The number of hydrogen-bond acceptors (Lipinski definition) is 7. The summed E-state index contributed by atoms with van der Waals surface area (Å²) in [6, 6.07) is 8.15. The average molecular weight is 394 g/mol. The van der Waals surface area contributed by atoms with Crippen molar-refractivity contribution in [1.82, 2.24) is 0 Å². The number of rotatable bonds is 7. The molecule has 0 saturated carbocycles. The molecule has 0 spiro atoms. The summed E-state index contributed by atoms with van der Waals surface area (Å²) in [5, 5.41) is 19.0. The second kappa shape index (κ2) is 8.21. The van der Waals surface area contributed by atoms with Gasteiger partial charge in [-0.1, -0.05) is 0 Å². The number of benzene rings is 2. The zero-order chi connectivity index (χ0) is 20.2. The van der Waals surface area contributed by atoms with Crippen LogP contribution in [0.5, 0.6) is 0 Å². The van der Waals surface area contributed by atoms with Crippen LogP contribution in [0.3, 0.4) is 0 Å². The molecule has 0 amide bonds. The minimum Gasteiger partial charge on any atom is -0.372 e. The zero-order valence-corrected chi connectivity index (χ0v) is 15.9. The molecule has 0 radical (unpaired) electrons. The maximum Gasteiger partial charge on any atom is 0.332 e. The average Bonchev–Trinajstić information content (AvgIpc) is 2.61. The topological polar surface area (TPSA) is 105 Å². The predicted molar refractivity (Wildman–Crippen MR) is 100 cm³/mol. The number of aryl methyl sites for hydroxylation is 1. The Morgan fingerprint density at radius 3 is 2.19 bits per heavy atom. The van der Waals surface area contributed by atoms with Crippen LogP contribution in [0.15, 0.2) is 51.5 Å². The molecule has 0 aliphatic heterocycles. The molecule has 0 saturated heterocycles. The molecule has 8 nitrogen and oxygen atoms in total. The van der Waals surface area contributed by atoms with Crippen molar-refractivity contribution in [2.24, 2.45) is 10.2 Å². The Hall–Kier alpha value is -2.88. The van der Waals surface area contributed by atoms with Crippen molar-refractivity contribution in [3.8, 4) is 0 Å². The van der Waals surface area contributed by atoms with Crippen molar-refractivity contribution in [3.63, 3.8) is 0 Å². The van der Waals surface area contributed by atoms with Crippen LogP contribution >= 0.6 is 0 Å². The van der Waals surface area contributed by atoms with Gasteiger partial charge in [-0.25, -0.2) is 0 Å². The smallest absolute Gasteiger partial charge is 0.332 e. The molecule has 2 rings (SSSR count). The highest BCUT2D eigenvalue weighted by atomic mass is 32.3. The lowest BCUT2D eigenvalue weighted by atomic mass is 10.1. The van der Waals surface area contributed by atoms with Gasteiger partial charge in [-0.15, -0.1) is 9.00 Å². The van der Waals surface area contributed by atoms with Gasteiger partial charge in [0.2, 0.25) is 0 Å². The molecule has 0 N–H and O–H groups in total. The molecule has 0 unspecified atom stereocenters. The summed E-state index contributed by atoms with van der Waals surface area (Å²) in [5.74, 6) is 0. The normalized spacial score (nSPS) is 11.7. The third kappa shape index (κ3) is 4.85. The number of nitro benzene ring substituents is 1. The van der Waals surface area contributed by atoms with Crippen LogP contribution < -0.4 is 4.90 Å². The summed E-state index contributed by atoms with van der Waals surface area (Å²) in [6.07, 6.45) is 0. The molecule has 0 bridgehead atoms. The molecular formula is C17H19FN4O4S. The van der Waals surface area contributed by atoms with E-state index in [9.17, 15) is 22.4 Å². The third-order valence-electron chi connectivity index (χ3n) is 4.00. The molecule has 0 aliphatic rings. The monoisotopic (exact) mass is 394 g/mol. The van der Waals surface area contributed by atoms with Crippen molar-refractivity contribution in [3.05, 3.63) is 52.1 Å². The molecule has 0 fully saturated rings. The van der Waals surface area contributed by atoms with E-state index in [1.54, 1.807) is 6.07 Å². The van der Waals surface area contributed by atoms with Gasteiger partial charge in [-0.3, -0.25) is 10.1 Å². The molecule has 10 heteroatoms. The molecule has 27 heavy (non-hydrogen) atoms. The molecule has 144 valence electrons. The minimum absolute atomic E-state index is 0.167. The van der Waals surface area contributed by atoms with Gasteiger partial charge in [0.25, 0.3) is 5.69 Å². The highest BCUT2D eigenvalue weighted by Crippen LogP contribution is 2.33. The third-order valence-corrected chi connectivity index (χ3v) is 4.82. The summed E-state index contributed by atoms with van der Waals surface area (Å²) in [4.78, 5) is 11.7. The Kier molecular flexibility index (Phi) is 6.21. The van der Waals surface area contributed by atoms with Crippen molar-refractivity contribution in [1.29, 1.82) is 0 Å². The highest BCUT2D eigenvalue weighted by Gasteiger charge is 2.21. The fraction of sp³-hybridized carbons (Fsp3) is 0.294. The zero-order valence-electron chi connectivity index (χ0n) is 15.1. The quantitative estimate of drug-likeness (QED) is 0.290. The van der Waals surface area contributed by atoms with Gasteiger partial charge < -0.3 is 4.90 Å². The molecule has 0 aromatic heterocycles. The number of halogens is 1. The lowest BCUT2D eigenvalue weighted by Crippen LogP contribution is -2.21. The molecule has 0 atom stereocenters. The fourth-order valence-electron chi connectivity index (χ4n) is 2.53. The maximum absolute atomic E-state index is 13.1. The first-order chi connectivity index (χ1) is 12.7. The lowest BCUT2D eigenvalue weighted by Gasteiger charge is -2.21. The number of hydrogen-bond donors (Lipinski definition) is 0. The predicted octanol–water partition coefficient (Wildman–Crippen LogP) is 4.82. The van der Waals surface area contributed by atoms with Gasteiger partial charge in [0, 0.05) is 24.8 Å². The van der Waals surface area contributed by atoms with E-state index in [2.05, 4.69) is 15.1 Å². The van der Waals surface area contributed by atoms with Gasteiger partial charge >= 0.3 is 10.2 Å². The molecular weight excluding hydrogens is 375 g/mol. The van der Waals surface area contributed by atoms with Crippen molar-refractivity contribution < 1.29 is 17.2 Å². The summed E-state index contributed by atoms with van der Waals surface area (Å²) in [6.45, 7) is 7.65. The van der Waals surface area contributed by atoms with Gasteiger partial charge in [0.15, 0.2) is 5.69 Å². The van der Waals surface area contributed by atoms with E-state index in [0.717, 1.165) is 36.5 Å². The summed E-state index contributed by atoms with van der Waals surface area (Å²) in [5.41, 5.74) is 1.56. The number of nitrogens with zero attached hydrogens (tertiary/aromatic N) is 4. The van der Waals surface area contributed by atoms with Crippen LogP contribution in [0.25, 0.3) is 0 Å². The number of anilines is 1. The summed E-state index contributed by atoms with van der Waals surface area (Å²) < 4.78 is 34.9. The van der Waals surface area contributed by atoms with E-state index in [1.807, 2.05) is 32.9 Å². The Morgan fingerprint density at radius 2 is 1.67 bits per heavy atom. The van der Waals surface area contributed by atoms with Crippen LogP contribution in [-0.4, -0.2) is 26.4 Å². The first-order valence-corrected chi connectivity index (χ1v) is 9.56. The van der Waals surface area contributed by atoms with Crippen molar-refractivity contribution in [2.75, 3.05) is 18.0 Å². The molecule has 2 aromatic carbocycles. The van der Waals surface area contributed by atoms with Crippen molar-refractivity contribution in [2.45, 2.75) is 25.7 Å². The number of azo groups is 1. The van der Waals surface area contributed by atoms with Gasteiger partial charge in [0.05, 0.1) is 10.6 Å². The van der Waals surface area contributed by atoms with Gasteiger partial charge in [0.1, 0.15) is 4.90 Å². The first kappa shape index (κ1) is 20.4. The lowest BCUT2D eigenvalue weighted by molar-refractivity contribution is -0.384. The number of nitro groups is 1. The van der Waals surface area contributed by atoms with E-state index >= 15 is 0 Å². The molecule has 0 aliphatic carbocycles. The molecule has 2 aromatic rings. The molecule has 0 heterocycles. The van der Waals surface area contributed by atoms with Crippen LogP contribution in [0, 0.1) is 17.0 Å². The Bertz CT molecular complexity index is 988. The second-order valence-corrected chi connectivity index (χ2v) is 7.04. The van der Waals surface area contributed by atoms with Gasteiger partial charge in [-0.2, -0.15) is 13.5 Å². The Morgan fingerprint density at radius 1 is 1.07 bits per heavy atom. The van der Waals surface area contributed by atoms with Gasteiger partial charge in [-0.05, 0) is 56.7 Å². The fourth-order valence-corrected chi connectivity index (χ4v) is 3.01. The summed E-state index contributed by atoms with van der Waals surface area (Å²) >= 11 is 0. The van der Waals surface area contributed by atoms with E-state index < -0.39 is 25.7 Å². The maximum atomic E-state index is 13.1. The van der Waals surface area contributed by atoms with E-state index in [-0.39, 0.29) is 5.69 Å². The van der Waals surface area contributed by atoms with E-state index in [4.69, 9.17) is 0 Å². The standard InChI is InChI=1S/C17H19FN4O4S/c1-4-21(5-2)13-6-8-15(12(3)10-13)19-20-16-9-7-14(27(18,25)26)11-17(16)22(23)24/h6-11H,4-5H2,1-3H3. The SMILES string of the molecule is CCN(CC)c1ccc(N=Nc2ccc(S(=O)(=O)F)cc2[N+](=O)[O-])c(C)c1. The summed E-state index contributed by atoms with van der Waals surface area (Å²) in [7, 11) is -5.05. The van der Waals surface area contributed by atoms with E-state index in [1.165, 1.54) is 0 Å². The van der Waals surface area contributed by atoms with Crippen molar-refractivity contribution >= 4 is 33.0 Å². The second-order valence-electron chi connectivity index (χ2n) is 5.69.